The number of aliphatic imine (C=N–C) groups is 1. The maximum atomic E-state index is 14.4. The molecule has 2 heterocycles. The van der Waals surface area contributed by atoms with Gasteiger partial charge in [0.05, 0.1) is 32.6 Å². The standard InChI is InChI=1S/C23H20Cl3F3N2O3S/c1-12-6-13(2-3-16(12)21(32)30-10-15-4-5-35(15,33)34)19-9-22(11-31-19,23(27,28)29)14-7-17(24)20(26)18(25)8-14/h2-3,6-8,15H,4-5,9-11H2,1H3,(H,30,32). The fourth-order valence-corrected chi connectivity index (χ4v) is 6.19. The van der Waals surface area contributed by atoms with Crippen LogP contribution in [0, 0.1) is 6.92 Å². The van der Waals surface area contributed by atoms with Crippen LogP contribution in [0.3, 0.4) is 0 Å². The van der Waals surface area contributed by atoms with Crippen LogP contribution in [0.2, 0.25) is 15.1 Å². The maximum Gasteiger partial charge on any atom is 0.400 e. The highest BCUT2D eigenvalue weighted by molar-refractivity contribution is 7.93. The molecule has 1 N–H and O–H groups in total. The zero-order valence-electron chi connectivity index (χ0n) is 18.3. The van der Waals surface area contributed by atoms with Crippen molar-refractivity contribution in [1.82, 2.24) is 5.32 Å². The number of benzene rings is 2. The summed E-state index contributed by atoms with van der Waals surface area (Å²) in [6, 6.07) is 6.98. The quantitative estimate of drug-likeness (QED) is 0.481. The first-order chi connectivity index (χ1) is 16.2. The predicted octanol–water partition coefficient (Wildman–Crippen LogP) is 5.57. The second-order valence-electron chi connectivity index (χ2n) is 8.79. The van der Waals surface area contributed by atoms with Crippen molar-refractivity contribution in [3.63, 3.8) is 0 Å². The van der Waals surface area contributed by atoms with Crippen LogP contribution < -0.4 is 5.32 Å². The molecule has 2 aromatic carbocycles. The summed E-state index contributed by atoms with van der Waals surface area (Å²) in [7, 11) is -3.13. The maximum absolute atomic E-state index is 14.4. The van der Waals surface area contributed by atoms with E-state index in [0.717, 1.165) is 0 Å². The summed E-state index contributed by atoms with van der Waals surface area (Å²) in [5.74, 6) is -0.323. The Bertz CT molecular complexity index is 1320. The molecule has 2 atom stereocenters. The van der Waals surface area contributed by atoms with Gasteiger partial charge in [0.25, 0.3) is 5.91 Å². The number of nitrogens with zero attached hydrogens (tertiary/aromatic N) is 1. The van der Waals surface area contributed by atoms with Crippen LogP contribution in [0.5, 0.6) is 0 Å². The van der Waals surface area contributed by atoms with Crippen LogP contribution in [0.25, 0.3) is 0 Å². The average molecular weight is 568 g/mol. The van der Waals surface area contributed by atoms with E-state index in [1.54, 1.807) is 13.0 Å². The van der Waals surface area contributed by atoms with E-state index in [4.69, 9.17) is 34.8 Å². The second kappa shape index (κ2) is 9.25. The Morgan fingerprint density at radius 2 is 1.83 bits per heavy atom. The molecule has 2 aliphatic rings. The highest BCUT2D eigenvalue weighted by Gasteiger charge is 2.58. The molecule has 0 saturated carbocycles. The van der Waals surface area contributed by atoms with Crippen LogP contribution in [0.4, 0.5) is 13.2 Å². The monoisotopic (exact) mass is 566 g/mol. The number of amides is 1. The first-order valence-electron chi connectivity index (χ1n) is 10.6. The lowest BCUT2D eigenvalue weighted by atomic mass is 9.76. The number of halogens is 6. The Labute approximate surface area is 215 Å². The zero-order valence-corrected chi connectivity index (χ0v) is 21.4. The van der Waals surface area contributed by atoms with Crippen molar-refractivity contribution in [2.24, 2.45) is 4.99 Å². The number of aryl methyl sites for hydroxylation is 1. The number of hydrogen-bond acceptors (Lipinski definition) is 4. The van der Waals surface area contributed by atoms with Crippen molar-refractivity contribution in [1.29, 1.82) is 0 Å². The van der Waals surface area contributed by atoms with Gasteiger partial charge in [-0.25, -0.2) is 8.42 Å². The third-order valence-corrected chi connectivity index (χ3v) is 10.0. The van der Waals surface area contributed by atoms with Crippen molar-refractivity contribution in [2.45, 2.75) is 36.6 Å². The summed E-state index contributed by atoms with van der Waals surface area (Å²) in [6.45, 7) is 1.14. The fourth-order valence-electron chi connectivity index (χ4n) is 4.31. The van der Waals surface area contributed by atoms with E-state index in [1.807, 2.05) is 0 Å². The van der Waals surface area contributed by atoms with Gasteiger partial charge in [-0.15, -0.1) is 0 Å². The highest BCUT2D eigenvalue weighted by Crippen LogP contribution is 2.49. The van der Waals surface area contributed by atoms with Gasteiger partial charge in [-0.2, -0.15) is 13.2 Å². The lowest BCUT2D eigenvalue weighted by Crippen LogP contribution is -2.45. The lowest BCUT2D eigenvalue weighted by Gasteiger charge is -2.32. The third kappa shape index (κ3) is 4.80. The van der Waals surface area contributed by atoms with E-state index >= 15 is 0 Å². The van der Waals surface area contributed by atoms with Gasteiger partial charge in [0, 0.05) is 24.2 Å². The van der Waals surface area contributed by atoms with Crippen molar-refractivity contribution >= 4 is 56.3 Å². The molecule has 1 fully saturated rings. The van der Waals surface area contributed by atoms with Crippen LogP contribution in [0.1, 0.15) is 39.9 Å². The zero-order chi connectivity index (χ0) is 25.8. The summed E-state index contributed by atoms with van der Waals surface area (Å²) < 4.78 is 66.3. The van der Waals surface area contributed by atoms with E-state index in [0.29, 0.717) is 23.1 Å². The average Bonchev–Trinajstić information content (AvgIpc) is 3.23. The van der Waals surface area contributed by atoms with E-state index < -0.39 is 45.6 Å². The molecule has 0 spiro atoms. The number of sulfone groups is 1. The van der Waals surface area contributed by atoms with Gasteiger partial charge in [-0.3, -0.25) is 9.79 Å². The Hall–Kier alpha value is -1.81. The van der Waals surface area contributed by atoms with Gasteiger partial charge in [-0.05, 0) is 54.3 Å². The number of carbonyl (C=O) groups is 1. The largest absolute Gasteiger partial charge is 0.400 e. The molecular weight excluding hydrogens is 548 g/mol. The summed E-state index contributed by atoms with van der Waals surface area (Å²) in [5, 5.41) is 1.87. The number of hydrogen-bond donors (Lipinski definition) is 1. The molecule has 0 aliphatic carbocycles. The minimum absolute atomic E-state index is 0.0204. The second-order valence-corrected chi connectivity index (χ2v) is 12.4. The first-order valence-corrected chi connectivity index (χ1v) is 13.5. The van der Waals surface area contributed by atoms with Crippen LogP contribution in [-0.2, 0) is 15.3 Å². The molecule has 35 heavy (non-hydrogen) atoms. The number of rotatable bonds is 5. The van der Waals surface area contributed by atoms with Gasteiger partial charge >= 0.3 is 6.18 Å². The van der Waals surface area contributed by atoms with Crippen LogP contribution in [-0.4, -0.2) is 50.3 Å². The molecule has 1 saturated heterocycles. The summed E-state index contributed by atoms with van der Waals surface area (Å²) in [6.07, 6.45) is -4.57. The van der Waals surface area contributed by atoms with E-state index in [-0.39, 0.29) is 38.6 Å². The van der Waals surface area contributed by atoms with Crippen LogP contribution >= 0.6 is 34.8 Å². The predicted molar refractivity (Wildman–Crippen MR) is 131 cm³/mol. The number of alkyl halides is 3. The minimum atomic E-state index is -4.64. The van der Waals surface area contributed by atoms with Crippen LogP contribution in [0.15, 0.2) is 35.3 Å². The molecule has 0 aromatic heterocycles. The van der Waals surface area contributed by atoms with Gasteiger partial charge in [-0.1, -0.05) is 40.9 Å². The summed E-state index contributed by atoms with van der Waals surface area (Å²) in [4.78, 5) is 16.7. The first kappa shape index (κ1) is 26.3. The van der Waals surface area contributed by atoms with E-state index in [9.17, 15) is 26.4 Å². The molecule has 12 heteroatoms. The molecule has 1 amide bonds. The molecule has 2 aromatic rings. The van der Waals surface area contributed by atoms with Crippen molar-refractivity contribution in [2.75, 3.05) is 18.8 Å². The van der Waals surface area contributed by atoms with Crippen molar-refractivity contribution < 1.29 is 26.4 Å². The Kier molecular flexibility index (Phi) is 6.94. The van der Waals surface area contributed by atoms with Gasteiger partial charge in [0.15, 0.2) is 9.84 Å². The fraction of sp³-hybridized carbons (Fsp3) is 0.391. The van der Waals surface area contributed by atoms with Gasteiger partial charge < -0.3 is 5.32 Å². The molecule has 2 unspecified atom stereocenters. The smallest absolute Gasteiger partial charge is 0.351 e. The summed E-state index contributed by atoms with van der Waals surface area (Å²) >= 11 is 18.0. The Morgan fingerprint density at radius 1 is 1.17 bits per heavy atom. The molecule has 0 bridgehead atoms. The number of carbonyl (C=O) groups excluding carboxylic acids is 1. The van der Waals surface area contributed by atoms with Crippen molar-refractivity contribution in [3.05, 3.63) is 67.7 Å². The van der Waals surface area contributed by atoms with Gasteiger partial charge in [0.2, 0.25) is 0 Å². The number of nitrogens with one attached hydrogen (secondary N) is 1. The van der Waals surface area contributed by atoms with Crippen molar-refractivity contribution in [3.8, 4) is 0 Å². The molecule has 188 valence electrons. The van der Waals surface area contributed by atoms with Gasteiger partial charge in [0.1, 0.15) is 5.41 Å². The Morgan fingerprint density at radius 3 is 2.34 bits per heavy atom. The normalized spacial score (nSPS) is 23.5. The topological polar surface area (TPSA) is 75.6 Å². The molecule has 5 nitrogen and oxygen atoms in total. The third-order valence-electron chi connectivity index (χ3n) is 6.61. The van der Waals surface area contributed by atoms with E-state index in [2.05, 4.69) is 10.3 Å². The molecule has 4 rings (SSSR count). The van der Waals surface area contributed by atoms with E-state index in [1.165, 1.54) is 24.3 Å². The minimum Gasteiger partial charge on any atom is -0.351 e. The lowest BCUT2D eigenvalue weighted by molar-refractivity contribution is -0.183. The SMILES string of the molecule is Cc1cc(C2=NCC(c3cc(Cl)c(Cl)c(Cl)c3)(C(F)(F)F)C2)ccc1C(=O)NCC1CCS1(=O)=O. The Balaban J connectivity index is 1.56. The molecule has 0 radical (unpaired) electrons. The summed E-state index contributed by atoms with van der Waals surface area (Å²) in [5.41, 5.74) is -0.915. The molecule has 2 aliphatic heterocycles. The molecular formula is C23H20Cl3F3N2O3S. The highest BCUT2D eigenvalue weighted by atomic mass is 35.5.